The summed E-state index contributed by atoms with van der Waals surface area (Å²) in [6.45, 7) is 6.30. The number of hydrogen-bond acceptors (Lipinski definition) is 3. The lowest BCUT2D eigenvalue weighted by atomic mass is 10.2. The first-order valence-corrected chi connectivity index (χ1v) is 4.77. The number of ketones is 1. The number of Topliss-reactive ketones (excluding diaryl/α,β-unsaturated/α-hetero) is 1. The molecule has 0 aromatic carbocycles. The van der Waals surface area contributed by atoms with Gasteiger partial charge in [0.15, 0.2) is 6.10 Å². The molecule has 3 nitrogen and oxygen atoms in total. The van der Waals surface area contributed by atoms with Crippen molar-refractivity contribution in [1.82, 2.24) is 0 Å². The maximum atomic E-state index is 11.5. The summed E-state index contributed by atoms with van der Waals surface area (Å²) in [4.78, 5) is 11.5. The van der Waals surface area contributed by atoms with Crippen molar-refractivity contribution in [2.75, 3.05) is 6.61 Å². The van der Waals surface area contributed by atoms with Crippen LogP contribution < -0.4 is 0 Å². The Kier molecular flexibility index (Phi) is 3.34. The van der Waals surface area contributed by atoms with Crippen molar-refractivity contribution in [2.45, 2.75) is 39.7 Å². The van der Waals surface area contributed by atoms with Crippen LogP contribution in [0.4, 0.5) is 0 Å². The van der Waals surface area contributed by atoms with Crippen molar-refractivity contribution in [1.29, 1.82) is 0 Å². The second kappa shape index (κ2) is 4.30. The Labute approximate surface area is 78.7 Å². The predicted molar refractivity (Wildman–Crippen MR) is 49.1 cm³/mol. The highest BCUT2D eigenvalue weighted by molar-refractivity contribution is 5.99. The molecule has 74 valence electrons. The number of carbonyl (C=O) groups is 1. The average Bonchev–Trinajstić information content (AvgIpc) is 2.40. The molecular formula is C10H16O3. The van der Waals surface area contributed by atoms with Crippen LogP contribution in [-0.4, -0.2) is 18.5 Å². The van der Waals surface area contributed by atoms with Crippen LogP contribution in [0.3, 0.4) is 0 Å². The number of hydrogen-bond donors (Lipinski definition) is 0. The van der Waals surface area contributed by atoms with Gasteiger partial charge in [-0.05, 0) is 13.3 Å². The zero-order valence-electron chi connectivity index (χ0n) is 8.42. The second-order valence-corrected chi connectivity index (χ2v) is 3.08. The lowest BCUT2D eigenvalue weighted by Gasteiger charge is -2.03. The minimum atomic E-state index is -0.359. The van der Waals surface area contributed by atoms with E-state index < -0.39 is 0 Å². The first kappa shape index (κ1) is 10.1. The fraction of sp³-hybridized carbons (Fsp3) is 0.700. The minimum absolute atomic E-state index is 0.0229. The Balaban J connectivity index is 2.69. The maximum Gasteiger partial charge on any atom is 0.240 e. The van der Waals surface area contributed by atoms with Crippen LogP contribution in [0.1, 0.15) is 33.6 Å². The van der Waals surface area contributed by atoms with E-state index in [1.54, 1.807) is 6.92 Å². The molecule has 1 heterocycles. The van der Waals surface area contributed by atoms with Crippen LogP contribution >= 0.6 is 0 Å². The van der Waals surface area contributed by atoms with Gasteiger partial charge in [0.2, 0.25) is 11.5 Å². The summed E-state index contributed by atoms with van der Waals surface area (Å²) < 4.78 is 10.7. The van der Waals surface area contributed by atoms with Gasteiger partial charge < -0.3 is 9.47 Å². The van der Waals surface area contributed by atoms with Crippen LogP contribution in [0.15, 0.2) is 11.5 Å². The van der Waals surface area contributed by atoms with E-state index in [4.69, 9.17) is 9.47 Å². The molecule has 1 unspecified atom stereocenters. The molecule has 1 aliphatic rings. The molecule has 0 aromatic rings. The van der Waals surface area contributed by atoms with Crippen molar-refractivity contribution in [3.05, 3.63) is 11.5 Å². The van der Waals surface area contributed by atoms with E-state index in [2.05, 4.69) is 0 Å². The first-order chi connectivity index (χ1) is 6.20. The van der Waals surface area contributed by atoms with Gasteiger partial charge in [0, 0.05) is 6.42 Å². The molecule has 13 heavy (non-hydrogen) atoms. The molecule has 0 spiro atoms. The van der Waals surface area contributed by atoms with E-state index in [0.717, 1.165) is 12.8 Å². The zero-order chi connectivity index (χ0) is 9.84. The summed E-state index contributed by atoms with van der Waals surface area (Å²) in [6.07, 6.45) is 1.26. The summed E-state index contributed by atoms with van der Waals surface area (Å²) in [5, 5.41) is 0. The van der Waals surface area contributed by atoms with Gasteiger partial charge in [-0.3, -0.25) is 4.79 Å². The molecule has 0 saturated heterocycles. The van der Waals surface area contributed by atoms with Crippen molar-refractivity contribution < 1.29 is 14.3 Å². The summed E-state index contributed by atoms with van der Waals surface area (Å²) >= 11 is 0. The highest BCUT2D eigenvalue weighted by atomic mass is 16.5. The van der Waals surface area contributed by atoms with Crippen LogP contribution in [-0.2, 0) is 14.3 Å². The second-order valence-electron chi connectivity index (χ2n) is 3.08. The van der Waals surface area contributed by atoms with Gasteiger partial charge in [0.1, 0.15) is 5.76 Å². The quantitative estimate of drug-likeness (QED) is 0.670. The SMILES string of the molecule is CCCOC1=C(CC)OC(C)C1=O. The van der Waals surface area contributed by atoms with Crippen LogP contribution in [0.5, 0.6) is 0 Å². The third-order valence-electron chi connectivity index (χ3n) is 1.94. The monoisotopic (exact) mass is 184 g/mol. The van der Waals surface area contributed by atoms with Crippen molar-refractivity contribution in [3.8, 4) is 0 Å². The van der Waals surface area contributed by atoms with E-state index in [1.165, 1.54) is 0 Å². The lowest BCUT2D eigenvalue weighted by Crippen LogP contribution is -2.14. The zero-order valence-corrected chi connectivity index (χ0v) is 8.42. The van der Waals surface area contributed by atoms with Crippen LogP contribution in [0.25, 0.3) is 0 Å². The van der Waals surface area contributed by atoms with Gasteiger partial charge in [0.25, 0.3) is 0 Å². The van der Waals surface area contributed by atoms with Gasteiger partial charge in [-0.1, -0.05) is 13.8 Å². The summed E-state index contributed by atoms with van der Waals surface area (Å²) in [5.41, 5.74) is 0. The van der Waals surface area contributed by atoms with Crippen molar-refractivity contribution in [2.24, 2.45) is 0 Å². The topological polar surface area (TPSA) is 35.5 Å². The Morgan fingerprint density at radius 2 is 2.15 bits per heavy atom. The highest BCUT2D eigenvalue weighted by Crippen LogP contribution is 2.24. The largest absolute Gasteiger partial charge is 0.487 e. The van der Waals surface area contributed by atoms with Gasteiger partial charge in [-0.25, -0.2) is 0 Å². The normalized spacial score (nSPS) is 22.1. The Bertz CT molecular complexity index is 230. The number of allylic oxidation sites excluding steroid dienone is 1. The fourth-order valence-electron chi connectivity index (χ4n) is 1.24. The van der Waals surface area contributed by atoms with E-state index >= 15 is 0 Å². The van der Waals surface area contributed by atoms with Crippen LogP contribution in [0.2, 0.25) is 0 Å². The van der Waals surface area contributed by atoms with Gasteiger partial charge >= 0.3 is 0 Å². The molecule has 1 rings (SSSR count). The third kappa shape index (κ3) is 2.02. The molecule has 0 aliphatic carbocycles. The number of ether oxygens (including phenoxy) is 2. The Hall–Kier alpha value is -0.990. The highest BCUT2D eigenvalue weighted by Gasteiger charge is 2.32. The fourth-order valence-corrected chi connectivity index (χ4v) is 1.24. The molecular weight excluding hydrogens is 168 g/mol. The Morgan fingerprint density at radius 3 is 2.69 bits per heavy atom. The standard InChI is InChI=1S/C10H16O3/c1-4-6-12-10-8(5-2)13-7(3)9(10)11/h7H,4-6H2,1-3H3. The number of rotatable bonds is 4. The van der Waals surface area contributed by atoms with E-state index in [-0.39, 0.29) is 11.9 Å². The Morgan fingerprint density at radius 1 is 1.46 bits per heavy atom. The molecule has 3 heteroatoms. The lowest BCUT2D eigenvalue weighted by molar-refractivity contribution is -0.123. The molecule has 0 bridgehead atoms. The van der Waals surface area contributed by atoms with Crippen LogP contribution in [0, 0.1) is 0 Å². The van der Waals surface area contributed by atoms with E-state index in [1.807, 2.05) is 13.8 Å². The van der Waals surface area contributed by atoms with E-state index in [9.17, 15) is 4.79 Å². The third-order valence-corrected chi connectivity index (χ3v) is 1.94. The van der Waals surface area contributed by atoms with Crippen molar-refractivity contribution >= 4 is 5.78 Å². The smallest absolute Gasteiger partial charge is 0.240 e. The molecule has 0 fully saturated rings. The summed E-state index contributed by atoms with van der Waals surface area (Å²) in [7, 11) is 0. The minimum Gasteiger partial charge on any atom is -0.487 e. The molecule has 1 aliphatic heterocycles. The number of carbonyl (C=O) groups excluding carboxylic acids is 1. The molecule has 1 atom stereocenters. The molecule has 0 aromatic heterocycles. The molecule has 0 saturated carbocycles. The van der Waals surface area contributed by atoms with Gasteiger partial charge in [-0.2, -0.15) is 0 Å². The predicted octanol–water partition coefficient (Wildman–Crippen LogP) is 2.02. The molecule has 0 amide bonds. The van der Waals surface area contributed by atoms with Gasteiger partial charge in [-0.15, -0.1) is 0 Å². The average molecular weight is 184 g/mol. The molecule has 0 radical (unpaired) electrons. The summed E-state index contributed by atoms with van der Waals surface area (Å²) in [5.74, 6) is 1.12. The molecule has 0 N–H and O–H groups in total. The van der Waals surface area contributed by atoms with Crippen molar-refractivity contribution in [3.63, 3.8) is 0 Å². The van der Waals surface area contributed by atoms with Gasteiger partial charge in [0.05, 0.1) is 6.61 Å². The van der Waals surface area contributed by atoms with E-state index in [0.29, 0.717) is 18.1 Å². The first-order valence-electron chi connectivity index (χ1n) is 4.77. The maximum absolute atomic E-state index is 11.5. The summed E-state index contributed by atoms with van der Waals surface area (Å²) in [6, 6.07) is 0.